The summed E-state index contributed by atoms with van der Waals surface area (Å²) < 4.78 is 0. The molecule has 3 unspecified atom stereocenters. The lowest BCUT2D eigenvalue weighted by atomic mass is 9.77. The molecule has 216 valence electrons. The Balaban J connectivity index is 1.95. The van der Waals surface area contributed by atoms with Crippen molar-refractivity contribution in [3.05, 3.63) is 57.6 Å². The first kappa shape index (κ1) is 31.2. The lowest BCUT2D eigenvalue weighted by molar-refractivity contribution is -0.124. The molecule has 1 aliphatic carbocycles. The lowest BCUT2D eigenvalue weighted by Crippen LogP contribution is -2.22. The van der Waals surface area contributed by atoms with Crippen LogP contribution >= 0.6 is 0 Å². The van der Waals surface area contributed by atoms with Crippen molar-refractivity contribution in [2.45, 2.75) is 131 Å². The van der Waals surface area contributed by atoms with Gasteiger partial charge in [-0.05, 0) is 80.2 Å². The number of rotatable bonds is 4. The number of carbonyl (C=O) groups excluding carboxylic acids is 1. The first-order valence-corrected chi connectivity index (χ1v) is 14.8. The first-order valence-electron chi connectivity index (χ1n) is 14.8. The van der Waals surface area contributed by atoms with Gasteiger partial charge < -0.3 is 10.2 Å². The normalized spacial score (nSPS) is 21.1. The Morgan fingerprint density at radius 2 is 0.923 bits per heavy atom. The lowest BCUT2D eigenvalue weighted by Gasteiger charge is -2.29. The van der Waals surface area contributed by atoms with E-state index in [0.717, 1.165) is 39.8 Å². The van der Waals surface area contributed by atoms with Crippen molar-refractivity contribution in [2.75, 3.05) is 0 Å². The molecule has 0 radical (unpaired) electrons. The molecule has 3 nitrogen and oxygen atoms in total. The smallest absolute Gasteiger partial charge is 0.139 e. The Bertz CT molecular complexity index is 1150. The summed E-state index contributed by atoms with van der Waals surface area (Å²) in [6.07, 6.45) is 2.30. The fourth-order valence-corrected chi connectivity index (χ4v) is 6.25. The van der Waals surface area contributed by atoms with Crippen LogP contribution in [0.2, 0.25) is 0 Å². The Labute approximate surface area is 238 Å². The summed E-state index contributed by atoms with van der Waals surface area (Å²) in [6.45, 7) is 27.8. The van der Waals surface area contributed by atoms with Gasteiger partial charge in [0.15, 0.2) is 0 Å². The van der Waals surface area contributed by atoms with Crippen molar-refractivity contribution in [2.24, 2.45) is 17.8 Å². The van der Waals surface area contributed by atoms with E-state index in [0.29, 0.717) is 36.0 Å². The summed E-state index contributed by atoms with van der Waals surface area (Å²) in [5, 5.41) is 22.3. The Morgan fingerprint density at radius 1 is 0.615 bits per heavy atom. The number of hydrogen-bond acceptors (Lipinski definition) is 3. The minimum absolute atomic E-state index is 0.0172. The number of hydrogen-bond donors (Lipinski definition) is 2. The molecule has 0 aromatic heterocycles. The third-order valence-corrected chi connectivity index (χ3v) is 8.62. The number of phenolic OH excluding ortho intramolecular Hbond substituents is 2. The molecule has 3 rings (SSSR count). The van der Waals surface area contributed by atoms with E-state index in [2.05, 4.69) is 114 Å². The molecule has 0 amide bonds. The summed E-state index contributed by atoms with van der Waals surface area (Å²) in [5.74, 6) is 1.39. The SMILES string of the molecule is CC1CC(Cc2cc(C(C)(C)C)c(O)c(C(C)(C)C)c2)C(=O)C1Cc1cc(C(C)(C)C)c(O)c(C(C)(C)C)c1. The predicted octanol–water partition coefficient (Wildman–Crippen LogP) is 8.91. The molecular weight excluding hydrogens is 480 g/mol. The molecule has 0 saturated heterocycles. The molecular formula is C36H54O3. The number of aromatic hydroxyl groups is 2. The van der Waals surface area contributed by atoms with Crippen LogP contribution in [-0.2, 0) is 39.3 Å². The van der Waals surface area contributed by atoms with Crippen molar-refractivity contribution in [3.8, 4) is 11.5 Å². The third-order valence-electron chi connectivity index (χ3n) is 8.62. The van der Waals surface area contributed by atoms with Gasteiger partial charge in [-0.15, -0.1) is 0 Å². The molecule has 0 bridgehead atoms. The van der Waals surface area contributed by atoms with Gasteiger partial charge in [-0.3, -0.25) is 4.79 Å². The van der Waals surface area contributed by atoms with Crippen molar-refractivity contribution in [1.29, 1.82) is 0 Å². The van der Waals surface area contributed by atoms with Crippen LogP contribution in [-0.4, -0.2) is 16.0 Å². The second-order valence-corrected chi connectivity index (χ2v) is 16.4. The van der Waals surface area contributed by atoms with E-state index in [1.165, 1.54) is 0 Å². The van der Waals surface area contributed by atoms with E-state index in [1.54, 1.807) is 0 Å². The number of ketones is 1. The van der Waals surface area contributed by atoms with Crippen molar-refractivity contribution < 1.29 is 15.0 Å². The molecule has 3 atom stereocenters. The van der Waals surface area contributed by atoms with Gasteiger partial charge in [0.2, 0.25) is 0 Å². The largest absolute Gasteiger partial charge is 0.507 e. The molecule has 2 aromatic rings. The van der Waals surface area contributed by atoms with Crippen LogP contribution < -0.4 is 0 Å². The van der Waals surface area contributed by atoms with Gasteiger partial charge in [-0.2, -0.15) is 0 Å². The number of phenols is 2. The molecule has 0 heterocycles. The van der Waals surface area contributed by atoms with Crippen molar-refractivity contribution in [1.82, 2.24) is 0 Å². The summed E-state index contributed by atoms with van der Waals surface area (Å²) in [4.78, 5) is 13.9. The van der Waals surface area contributed by atoms with E-state index in [1.807, 2.05) is 0 Å². The van der Waals surface area contributed by atoms with Crippen LogP contribution in [0.25, 0.3) is 0 Å². The van der Waals surface area contributed by atoms with E-state index in [-0.39, 0.29) is 33.5 Å². The van der Waals surface area contributed by atoms with Gasteiger partial charge in [0.25, 0.3) is 0 Å². The van der Waals surface area contributed by atoms with Gasteiger partial charge in [0.05, 0.1) is 0 Å². The van der Waals surface area contributed by atoms with Crippen LogP contribution in [0.1, 0.15) is 130 Å². The Kier molecular flexibility index (Phi) is 8.23. The minimum atomic E-state index is -0.192. The molecule has 0 spiro atoms. The maximum atomic E-state index is 13.9. The van der Waals surface area contributed by atoms with Crippen LogP contribution in [0.3, 0.4) is 0 Å². The van der Waals surface area contributed by atoms with E-state index >= 15 is 0 Å². The molecule has 1 aliphatic rings. The fraction of sp³-hybridized carbons (Fsp3) is 0.639. The Morgan fingerprint density at radius 3 is 1.23 bits per heavy atom. The summed E-state index contributed by atoms with van der Waals surface area (Å²) >= 11 is 0. The highest BCUT2D eigenvalue weighted by Gasteiger charge is 2.40. The molecule has 39 heavy (non-hydrogen) atoms. The molecule has 0 aliphatic heterocycles. The first-order chi connectivity index (χ1) is 17.5. The van der Waals surface area contributed by atoms with Crippen LogP contribution in [0, 0.1) is 17.8 Å². The van der Waals surface area contributed by atoms with Crippen LogP contribution in [0.5, 0.6) is 11.5 Å². The number of benzene rings is 2. The number of carbonyl (C=O) groups is 1. The highest BCUT2D eigenvalue weighted by molar-refractivity contribution is 5.86. The maximum Gasteiger partial charge on any atom is 0.139 e. The van der Waals surface area contributed by atoms with E-state index < -0.39 is 0 Å². The maximum absolute atomic E-state index is 13.9. The highest BCUT2D eigenvalue weighted by Crippen LogP contribution is 2.44. The summed E-state index contributed by atoms with van der Waals surface area (Å²) in [7, 11) is 0. The van der Waals surface area contributed by atoms with Gasteiger partial charge in [0.1, 0.15) is 17.3 Å². The standard InChI is InChI=1S/C36H54O3/c1-21-14-24(15-22-17-26(33(2,3)4)31(38)27(18-22)34(5,6)7)30(37)25(21)16-23-19-28(35(8,9)10)32(39)29(20-23)36(11,12)13/h17-21,24-25,38-39H,14-16H2,1-13H3. The minimum Gasteiger partial charge on any atom is -0.507 e. The monoisotopic (exact) mass is 534 g/mol. The highest BCUT2D eigenvalue weighted by atomic mass is 16.3. The van der Waals surface area contributed by atoms with Gasteiger partial charge in [0, 0.05) is 11.8 Å². The quantitative estimate of drug-likeness (QED) is 0.412. The zero-order valence-corrected chi connectivity index (χ0v) is 27.0. The average molecular weight is 535 g/mol. The molecule has 2 N–H and O–H groups in total. The molecule has 1 fully saturated rings. The molecule has 1 saturated carbocycles. The zero-order valence-electron chi connectivity index (χ0n) is 27.0. The topological polar surface area (TPSA) is 57.5 Å². The third kappa shape index (κ3) is 6.72. The fourth-order valence-electron chi connectivity index (χ4n) is 6.25. The molecule has 3 heteroatoms. The average Bonchev–Trinajstić information content (AvgIpc) is 2.99. The molecule has 2 aromatic carbocycles. The van der Waals surface area contributed by atoms with Crippen molar-refractivity contribution >= 4 is 5.78 Å². The van der Waals surface area contributed by atoms with Crippen LogP contribution in [0.4, 0.5) is 0 Å². The summed E-state index contributed by atoms with van der Waals surface area (Å²) in [5.41, 5.74) is 5.33. The second kappa shape index (κ2) is 10.3. The van der Waals surface area contributed by atoms with Crippen LogP contribution in [0.15, 0.2) is 24.3 Å². The van der Waals surface area contributed by atoms with Gasteiger partial charge in [-0.1, -0.05) is 114 Å². The van der Waals surface area contributed by atoms with E-state index in [4.69, 9.17) is 0 Å². The zero-order chi connectivity index (χ0) is 29.9. The predicted molar refractivity (Wildman–Crippen MR) is 164 cm³/mol. The van der Waals surface area contributed by atoms with Crippen molar-refractivity contribution in [3.63, 3.8) is 0 Å². The van der Waals surface area contributed by atoms with E-state index in [9.17, 15) is 15.0 Å². The van der Waals surface area contributed by atoms with Gasteiger partial charge >= 0.3 is 0 Å². The number of Topliss-reactive ketones (excluding diaryl/α,β-unsaturated/α-hetero) is 1. The van der Waals surface area contributed by atoms with Gasteiger partial charge in [-0.25, -0.2) is 0 Å². The summed E-state index contributed by atoms with van der Waals surface area (Å²) in [6, 6.07) is 8.51. The Hall–Kier alpha value is -2.29. The second-order valence-electron chi connectivity index (χ2n) is 16.4.